The van der Waals surface area contributed by atoms with E-state index in [1.807, 2.05) is 19.2 Å². The van der Waals surface area contributed by atoms with E-state index in [2.05, 4.69) is 0 Å². The van der Waals surface area contributed by atoms with Gasteiger partial charge in [0.1, 0.15) is 12.0 Å². The van der Waals surface area contributed by atoms with Gasteiger partial charge in [-0.3, -0.25) is 0 Å². The molecular formula is C10H12ClNO2. The van der Waals surface area contributed by atoms with Gasteiger partial charge in [-0.15, -0.1) is 0 Å². The molecule has 0 aliphatic heterocycles. The molecule has 0 saturated carbocycles. The molecule has 3 nitrogen and oxygen atoms in total. The predicted molar refractivity (Wildman–Crippen MR) is 57.3 cm³/mol. The maximum absolute atomic E-state index is 10.3. The Hall–Kier alpha value is -1.22. The number of hydrogen-bond donors (Lipinski definition) is 0. The highest BCUT2D eigenvalue weighted by atomic mass is 35.5. The minimum absolute atomic E-state index is 0.325. The van der Waals surface area contributed by atoms with Crippen molar-refractivity contribution in [3.8, 4) is 5.75 Å². The average Bonchev–Trinajstić information content (AvgIpc) is 2.17. The number of ether oxygens (including phenoxy) is 1. The molecule has 0 aliphatic carbocycles. The van der Waals surface area contributed by atoms with E-state index in [0.717, 1.165) is 12.0 Å². The van der Waals surface area contributed by atoms with Crippen LogP contribution < -0.4 is 9.64 Å². The summed E-state index contributed by atoms with van der Waals surface area (Å²) in [7, 11) is 3.39. The van der Waals surface area contributed by atoms with Gasteiger partial charge in [0.15, 0.2) is 0 Å². The van der Waals surface area contributed by atoms with Crippen molar-refractivity contribution in [2.24, 2.45) is 0 Å². The second-order valence-electron chi connectivity index (χ2n) is 2.86. The minimum Gasteiger partial charge on any atom is -0.497 e. The van der Waals surface area contributed by atoms with Crippen LogP contribution in [0.25, 0.3) is 0 Å². The van der Waals surface area contributed by atoms with E-state index >= 15 is 0 Å². The number of rotatable bonds is 4. The fourth-order valence-electron chi connectivity index (χ4n) is 1.13. The summed E-state index contributed by atoms with van der Waals surface area (Å²) in [5.41, 5.74) is 0.819. The molecular weight excluding hydrogens is 202 g/mol. The number of carbonyl (C=O) groups is 1. The van der Waals surface area contributed by atoms with Crippen molar-refractivity contribution in [1.29, 1.82) is 0 Å². The molecule has 76 valence electrons. The minimum atomic E-state index is 0.325. The smallest absolute Gasteiger partial charge is 0.139 e. The maximum atomic E-state index is 10.3. The lowest BCUT2D eigenvalue weighted by Gasteiger charge is -2.17. The summed E-state index contributed by atoms with van der Waals surface area (Å²) >= 11 is 6.00. The zero-order valence-corrected chi connectivity index (χ0v) is 8.91. The third-order valence-corrected chi connectivity index (χ3v) is 2.22. The summed E-state index contributed by atoms with van der Waals surface area (Å²) in [6.45, 7) is 0.325. The molecule has 4 heteroatoms. The lowest BCUT2D eigenvalue weighted by Crippen LogP contribution is -2.19. The third kappa shape index (κ3) is 2.39. The molecule has 0 fully saturated rings. The number of anilines is 1. The van der Waals surface area contributed by atoms with Crippen molar-refractivity contribution >= 4 is 23.6 Å². The first-order chi connectivity index (χ1) is 6.69. The van der Waals surface area contributed by atoms with E-state index in [0.29, 0.717) is 17.3 Å². The lowest BCUT2D eigenvalue weighted by molar-refractivity contribution is -0.106. The van der Waals surface area contributed by atoms with Crippen molar-refractivity contribution in [2.45, 2.75) is 0 Å². The highest BCUT2D eigenvalue weighted by Gasteiger charge is 2.06. The molecule has 1 rings (SSSR count). The predicted octanol–water partition coefficient (Wildman–Crippen LogP) is 1.98. The molecule has 0 spiro atoms. The molecule has 0 aliphatic rings. The molecule has 0 unspecified atom stereocenters. The molecule has 1 aromatic carbocycles. The summed E-state index contributed by atoms with van der Waals surface area (Å²) in [4.78, 5) is 12.1. The van der Waals surface area contributed by atoms with Crippen LogP contribution in [-0.4, -0.2) is 27.0 Å². The van der Waals surface area contributed by atoms with E-state index in [9.17, 15) is 4.79 Å². The SMILES string of the molecule is COc1ccc(N(C)CC=O)c(Cl)c1. The van der Waals surface area contributed by atoms with Gasteiger partial charge in [0.25, 0.3) is 0 Å². The van der Waals surface area contributed by atoms with Gasteiger partial charge >= 0.3 is 0 Å². The number of likely N-dealkylation sites (N-methyl/N-ethyl adjacent to an activating group) is 1. The van der Waals surface area contributed by atoms with Gasteiger partial charge in [0.2, 0.25) is 0 Å². The normalized spacial score (nSPS) is 9.64. The van der Waals surface area contributed by atoms with Gasteiger partial charge in [0.05, 0.1) is 24.4 Å². The van der Waals surface area contributed by atoms with Crippen molar-refractivity contribution in [3.05, 3.63) is 23.2 Å². The maximum Gasteiger partial charge on any atom is 0.139 e. The third-order valence-electron chi connectivity index (χ3n) is 1.91. The Balaban J connectivity index is 2.93. The Bertz CT molecular complexity index is 328. The number of halogens is 1. The summed E-state index contributed by atoms with van der Waals surface area (Å²) in [5, 5.41) is 0.578. The van der Waals surface area contributed by atoms with Crippen LogP contribution in [0.3, 0.4) is 0 Å². The number of hydrogen-bond acceptors (Lipinski definition) is 3. The lowest BCUT2D eigenvalue weighted by atomic mass is 10.3. The summed E-state index contributed by atoms with van der Waals surface area (Å²) in [6.07, 6.45) is 0.834. The number of aldehydes is 1. The Morgan fingerprint density at radius 3 is 2.79 bits per heavy atom. The first-order valence-corrected chi connectivity index (χ1v) is 4.55. The van der Waals surface area contributed by atoms with E-state index in [-0.39, 0.29) is 0 Å². The van der Waals surface area contributed by atoms with Gasteiger partial charge < -0.3 is 14.4 Å². The second-order valence-corrected chi connectivity index (χ2v) is 3.27. The van der Waals surface area contributed by atoms with Gasteiger partial charge in [0, 0.05) is 13.1 Å². The molecule has 0 bridgehead atoms. The highest BCUT2D eigenvalue weighted by Crippen LogP contribution is 2.28. The molecule has 0 N–H and O–H groups in total. The second kappa shape index (κ2) is 4.86. The van der Waals surface area contributed by atoms with Gasteiger partial charge in [-0.1, -0.05) is 11.6 Å². The number of nitrogens with zero attached hydrogens (tertiary/aromatic N) is 1. The molecule has 0 saturated heterocycles. The van der Waals surface area contributed by atoms with Crippen LogP contribution in [0.15, 0.2) is 18.2 Å². The fraction of sp³-hybridized carbons (Fsp3) is 0.300. The van der Waals surface area contributed by atoms with Crippen LogP contribution in [0.2, 0.25) is 5.02 Å². The monoisotopic (exact) mass is 213 g/mol. The highest BCUT2D eigenvalue weighted by molar-refractivity contribution is 6.33. The summed E-state index contributed by atoms with van der Waals surface area (Å²) in [6, 6.07) is 5.35. The molecule has 0 heterocycles. The first-order valence-electron chi connectivity index (χ1n) is 4.17. The van der Waals surface area contributed by atoms with Crippen molar-refractivity contribution in [3.63, 3.8) is 0 Å². The zero-order chi connectivity index (χ0) is 10.6. The van der Waals surface area contributed by atoms with Crippen molar-refractivity contribution < 1.29 is 9.53 Å². The van der Waals surface area contributed by atoms with Crippen LogP contribution in [0.1, 0.15) is 0 Å². The van der Waals surface area contributed by atoms with Crippen molar-refractivity contribution in [1.82, 2.24) is 0 Å². The number of benzene rings is 1. The van der Waals surface area contributed by atoms with Crippen LogP contribution in [0.4, 0.5) is 5.69 Å². The standard InChI is InChI=1S/C10H12ClNO2/c1-12(5-6-13)10-4-3-8(14-2)7-9(10)11/h3-4,6-7H,5H2,1-2H3. The van der Waals surface area contributed by atoms with Crippen molar-refractivity contribution in [2.75, 3.05) is 25.6 Å². The van der Waals surface area contributed by atoms with E-state index in [1.54, 1.807) is 18.1 Å². The largest absolute Gasteiger partial charge is 0.497 e. The Kier molecular flexibility index (Phi) is 3.77. The summed E-state index contributed by atoms with van der Waals surface area (Å²) in [5.74, 6) is 0.707. The molecule has 0 radical (unpaired) electrons. The van der Waals surface area contributed by atoms with E-state index < -0.39 is 0 Å². The molecule has 0 atom stereocenters. The molecule has 0 amide bonds. The van der Waals surface area contributed by atoms with Crippen LogP contribution >= 0.6 is 11.6 Å². The Morgan fingerprint density at radius 2 is 2.29 bits per heavy atom. The van der Waals surface area contributed by atoms with E-state index in [4.69, 9.17) is 16.3 Å². The number of methoxy groups -OCH3 is 1. The molecule has 0 aromatic heterocycles. The quantitative estimate of drug-likeness (QED) is 0.717. The topological polar surface area (TPSA) is 29.5 Å². The van der Waals surface area contributed by atoms with Gasteiger partial charge in [-0.05, 0) is 12.1 Å². The zero-order valence-electron chi connectivity index (χ0n) is 8.16. The van der Waals surface area contributed by atoms with Crippen LogP contribution in [0, 0.1) is 0 Å². The average molecular weight is 214 g/mol. The molecule has 14 heavy (non-hydrogen) atoms. The van der Waals surface area contributed by atoms with Gasteiger partial charge in [-0.25, -0.2) is 0 Å². The van der Waals surface area contributed by atoms with E-state index in [1.165, 1.54) is 0 Å². The number of carbonyl (C=O) groups excluding carboxylic acids is 1. The van der Waals surface area contributed by atoms with Crippen LogP contribution in [0.5, 0.6) is 5.75 Å². The Morgan fingerprint density at radius 1 is 1.57 bits per heavy atom. The van der Waals surface area contributed by atoms with Gasteiger partial charge in [-0.2, -0.15) is 0 Å². The Labute approximate surface area is 88.2 Å². The fourth-order valence-corrected chi connectivity index (χ4v) is 1.45. The first kappa shape index (κ1) is 10.9. The molecule has 1 aromatic rings. The summed E-state index contributed by atoms with van der Waals surface area (Å²) < 4.78 is 5.02. The van der Waals surface area contributed by atoms with Crippen LogP contribution in [-0.2, 0) is 4.79 Å².